The predicted molar refractivity (Wildman–Crippen MR) is 127 cm³/mol. The summed E-state index contributed by atoms with van der Waals surface area (Å²) in [5.41, 5.74) is 1.09. The van der Waals surface area contributed by atoms with Gasteiger partial charge in [0.05, 0.1) is 17.8 Å². The number of pyridine rings is 1. The smallest absolute Gasteiger partial charge is 0.332 e. The fourth-order valence-corrected chi connectivity index (χ4v) is 4.18. The third-order valence-corrected chi connectivity index (χ3v) is 6.08. The lowest BCUT2D eigenvalue weighted by Crippen LogP contribution is -2.44. The van der Waals surface area contributed by atoms with E-state index in [1.807, 2.05) is 0 Å². The number of halogens is 3. The average Bonchev–Trinajstić information content (AvgIpc) is 3.44. The van der Waals surface area contributed by atoms with Gasteiger partial charge in [-0.05, 0) is 49.7 Å². The minimum absolute atomic E-state index is 0.0999. The number of nitrogens with zero attached hydrogens (tertiary/aromatic N) is 5. The highest BCUT2D eigenvalue weighted by atomic mass is 19.3. The maximum atomic E-state index is 14.2. The highest BCUT2D eigenvalue weighted by Crippen LogP contribution is 2.35. The number of aromatic nitrogens is 3. The number of hydrogen-bond donors (Lipinski definition) is 0. The van der Waals surface area contributed by atoms with Crippen LogP contribution >= 0.6 is 0 Å². The minimum Gasteiger partial charge on any atom is -0.415 e. The number of carbonyl (C=O) groups excluding carboxylic acids is 2. The van der Waals surface area contributed by atoms with Crippen molar-refractivity contribution in [3.05, 3.63) is 84.3 Å². The van der Waals surface area contributed by atoms with Gasteiger partial charge in [-0.25, -0.2) is 9.18 Å². The number of anilines is 1. The van der Waals surface area contributed by atoms with Crippen LogP contribution in [0.2, 0.25) is 0 Å². The molecule has 0 atom stereocenters. The molecule has 3 heterocycles. The Morgan fingerprint density at radius 2 is 1.65 bits per heavy atom. The van der Waals surface area contributed by atoms with Crippen molar-refractivity contribution in [3.63, 3.8) is 0 Å². The van der Waals surface area contributed by atoms with Gasteiger partial charge in [0.2, 0.25) is 5.89 Å². The summed E-state index contributed by atoms with van der Waals surface area (Å²) in [5, 5.41) is 6.86. The Hall–Kier alpha value is -4.54. The molecule has 37 heavy (non-hydrogen) atoms. The fourth-order valence-electron chi connectivity index (χ4n) is 4.18. The number of benzene rings is 2. The van der Waals surface area contributed by atoms with E-state index in [-0.39, 0.29) is 18.3 Å². The second kappa shape index (κ2) is 9.16. The molecule has 0 aliphatic carbocycles. The van der Waals surface area contributed by atoms with Gasteiger partial charge in [0, 0.05) is 17.4 Å². The van der Waals surface area contributed by atoms with Gasteiger partial charge in [0.25, 0.3) is 11.8 Å². The lowest BCUT2D eigenvalue weighted by molar-refractivity contribution is -0.130. The zero-order valence-corrected chi connectivity index (χ0v) is 19.7. The van der Waals surface area contributed by atoms with Gasteiger partial charge < -0.3 is 4.42 Å². The molecule has 2 aromatic heterocycles. The van der Waals surface area contributed by atoms with Gasteiger partial charge in [0.15, 0.2) is 0 Å². The van der Waals surface area contributed by atoms with Crippen molar-refractivity contribution in [2.24, 2.45) is 0 Å². The molecule has 1 saturated heterocycles. The molecule has 3 amide bonds. The zero-order valence-electron chi connectivity index (χ0n) is 19.7. The van der Waals surface area contributed by atoms with Crippen LogP contribution in [0.15, 0.2) is 71.3 Å². The number of amides is 3. The van der Waals surface area contributed by atoms with E-state index in [1.165, 1.54) is 23.2 Å². The Balaban J connectivity index is 1.36. The van der Waals surface area contributed by atoms with Crippen LogP contribution < -0.4 is 4.90 Å². The number of urea groups is 1. The van der Waals surface area contributed by atoms with Crippen molar-refractivity contribution in [1.82, 2.24) is 20.1 Å². The highest BCUT2D eigenvalue weighted by Gasteiger charge is 2.52. The topological polar surface area (TPSA) is 92.4 Å². The molecule has 0 N–H and O–H groups in total. The Bertz CT molecular complexity index is 1470. The lowest BCUT2D eigenvalue weighted by Gasteiger charge is -2.28. The molecule has 1 aliphatic heterocycles. The Labute approximate surface area is 209 Å². The van der Waals surface area contributed by atoms with Crippen molar-refractivity contribution >= 4 is 17.6 Å². The maximum Gasteiger partial charge on any atom is 0.332 e. The third-order valence-electron chi connectivity index (χ3n) is 6.08. The van der Waals surface area contributed by atoms with Gasteiger partial charge in [-0.1, -0.05) is 30.3 Å². The van der Waals surface area contributed by atoms with Crippen molar-refractivity contribution < 1.29 is 27.2 Å². The molecule has 8 nitrogen and oxygen atoms in total. The van der Waals surface area contributed by atoms with Crippen LogP contribution in [0.4, 0.5) is 23.7 Å². The first-order valence-electron chi connectivity index (χ1n) is 11.2. The molecule has 1 aliphatic rings. The molecule has 2 aromatic carbocycles. The lowest BCUT2D eigenvalue weighted by atomic mass is 10.0. The summed E-state index contributed by atoms with van der Waals surface area (Å²) in [6, 6.07) is 15.6. The minimum atomic E-state index is -2.89. The molecule has 0 radical (unpaired) electrons. The van der Waals surface area contributed by atoms with Gasteiger partial charge in [-0.3, -0.25) is 19.6 Å². The summed E-state index contributed by atoms with van der Waals surface area (Å²) in [4.78, 5) is 33.2. The van der Waals surface area contributed by atoms with Crippen LogP contribution in [0.25, 0.3) is 22.6 Å². The number of hydrogen-bond acceptors (Lipinski definition) is 6. The summed E-state index contributed by atoms with van der Waals surface area (Å²) in [6.07, 6.45) is -1.55. The maximum absolute atomic E-state index is 14.2. The standard InChI is InChI=1S/C26H20F3N5O3/c1-26(2)24(35)33(14-17-10-7-16(13-30-17)22-31-32-23(37-22)21(28)29)25(36)34(26)18-11-8-15(9-12-18)19-5-3-4-6-20(19)27/h3-13,21H,14H2,1-2H3. The molecule has 0 spiro atoms. The Kier molecular flexibility index (Phi) is 5.98. The molecule has 0 unspecified atom stereocenters. The zero-order chi connectivity index (χ0) is 26.3. The summed E-state index contributed by atoms with van der Waals surface area (Å²) >= 11 is 0. The number of rotatable bonds is 6. The first kappa shape index (κ1) is 24.2. The molecular formula is C26H20F3N5O3. The Morgan fingerprint density at radius 3 is 2.27 bits per heavy atom. The molecule has 11 heteroatoms. The van der Waals surface area contributed by atoms with E-state index in [9.17, 15) is 22.8 Å². The molecule has 0 bridgehead atoms. The van der Waals surface area contributed by atoms with E-state index in [0.29, 0.717) is 28.1 Å². The summed E-state index contributed by atoms with van der Waals surface area (Å²) in [5.74, 6) is -1.69. The first-order chi connectivity index (χ1) is 17.7. The van der Waals surface area contributed by atoms with Crippen LogP contribution in [0, 0.1) is 5.82 Å². The fraction of sp³-hybridized carbons (Fsp3) is 0.192. The van der Waals surface area contributed by atoms with Crippen LogP contribution in [-0.4, -0.2) is 37.6 Å². The molecule has 1 fully saturated rings. The predicted octanol–water partition coefficient (Wildman–Crippen LogP) is 5.62. The van der Waals surface area contributed by atoms with E-state index < -0.39 is 29.8 Å². The molecule has 188 valence electrons. The second-order valence-corrected chi connectivity index (χ2v) is 8.88. The molecule has 5 rings (SSSR count). The van der Waals surface area contributed by atoms with Crippen LogP contribution in [0.3, 0.4) is 0 Å². The van der Waals surface area contributed by atoms with Crippen molar-refractivity contribution in [3.8, 4) is 22.6 Å². The second-order valence-electron chi connectivity index (χ2n) is 8.88. The van der Waals surface area contributed by atoms with Crippen LogP contribution in [0.1, 0.15) is 31.9 Å². The summed E-state index contributed by atoms with van der Waals surface area (Å²) < 4.78 is 44.5. The van der Waals surface area contributed by atoms with E-state index in [0.717, 1.165) is 4.90 Å². The monoisotopic (exact) mass is 507 g/mol. The van der Waals surface area contributed by atoms with Crippen molar-refractivity contribution in [2.75, 3.05) is 4.90 Å². The number of imide groups is 1. The van der Waals surface area contributed by atoms with Gasteiger partial charge in [-0.2, -0.15) is 8.78 Å². The summed E-state index contributed by atoms with van der Waals surface area (Å²) in [7, 11) is 0. The van der Waals surface area contributed by atoms with Crippen LogP contribution in [-0.2, 0) is 11.3 Å². The van der Waals surface area contributed by atoms with Crippen molar-refractivity contribution in [2.45, 2.75) is 32.4 Å². The van der Waals surface area contributed by atoms with Crippen LogP contribution in [0.5, 0.6) is 0 Å². The van der Waals surface area contributed by atoms with Crippen molar-refractivity contribution in [1.29, 1.82) is 0 Å². The van der Waals surface area contributed by atoms with E-state index in [1.54, 1.807) is 62.4 Å². The SMILES string of the molecule is CC1(C)C(=O)N(Cc2ccc(-c3nnc(C(F)F)o3)cn2)C(=O)N1c1ccc(-c2ccccc2F)cc1. The number of alkyl halides is 2. The van der Waals surface area contributed by atoms with Gasteiger partial charge in [0.1, 0.15) is 11.4 Å². The largest absolute Gasteiger partial charge is 0.415 e. The van der Waals surface area contributed by atoms with E-state index in [2.05, 4.69) is 15.2 Å². The van der Waals surface area contributed by atoms with Gasteiger partial charge in [-0.15, -0.1) is 10.2 Å². The molecule has 4 aromatic rings. The normalized spacial score (nSPS) is 15.2. The Morgan fingerprint density at radius 1 is 0.946 bits per heavy atom. The van der Waals surface area contributed by atoms with E-state index in [4.69, 9.17) is 4.42 Å². The quantitative estimate of drug-likeness (QED) is 0.315. The summed E-state index contributed by atoms with van der Waals surface area (Å²) in [6.45, 7) is 3.19. The molecular weight excluding hydrogens is 487 g/mol. The third kappa shape index (κ3) is 4.32. The van der Waals surface area contributed by atoms with E-state index >= 15 is 0 Å². The first-order valence-corrected chi connectivity index (χ1v) is 11.2. The number of carbonyl (C=O) groups is 2. The highest BCUT2D eigenvalue weighted by molar-refractivity contribution is 6.16. The average molecular weight is 507 g/mol. The molecule has 0 saturated carbocycles. The van der Waals surface area contributed by atoms with Gasteiger partial charge >= 0.3 is 12.5 Å².